The zero-order chi connectivity index (χ0) is 35.3. The first kappa shape index (κ1) is 33.0. The van der Waals surface area contributed by atoms with Crippen LogP contribution in [0.2, 0.25) is 0 Å². The fourth-order valence-corrected chi connectivity index (χ4v) is 8.42. The summed E-state index contributed by atoms with van der Waals surface area (Å²) in [7, 11) is 0. The van der Waals surface area contributed by atoms with Gasteiger partial charge in [0.1, 0.15) is 23.8 Å². The van der Waals surface area contributed by atoms with E-state index in [0.29, 0.717) is 0 Å². The lowest BCUT2D eigenvalue weighted by molar-refractivity contribution is -0.173. The summed E-state index contributed by atoms with van der Waals surface area (Å²) in [5, 5.41) is 21.5. The van der Waals surface area contributed by atoms with E-state index in [4.69, 9.17) is 27.9 Å². The van der Waals surface area contributed by atoms with Gasteiger partial charge in [-0.05, 0) is 30.4 Å². The lowest BCUT2D eigenvalue weighted by atomic mass is 9.56. The summed E-state index contributed by atoms with van der Waals surface area (Å²) in [6.07, 6.45) is 0.517. The molecule has 4 aliphatic rings. The molecular formula is C33H21Cl2F5N2O7. The van der Waals surface area contributed by atoms with E-state index in [-0.39, 0.29) is 39.9 Å². The van der Waals surface area contributed by atoms with Gasteiger partial charge >= 0.3 is 0 Å². The van der Waals surface area contributed by atoms with Crippen LogP contribution in [0.15, 0.2) is 60.2 Å². The highest BCUT2D eigenvalue weighted by Crippen LogP contribution is 2.66. The minimum atomic E-state index is -2.81. The van der Waals surface area contributed by atoms with E-state index in [1.54, 1.807) is 30.3 Å². The normalized spacial score (nSPS) is 29.2. The summed E-state index contributed by atoms with van der Waals surface area (Å²) in [6.45, 7) is 0.0846. The molecule has 6 atom stereocenters. The van der Waals surface area contributed by atoms with Gasteiger partial charge in [-0.3, -0.25) is 24.4 Å². The molecular weight excluding hydrogens is 702 g/mol. The van der Waals surface area contributed by atoms with Crippen molar-refractivity contribution in [1.82, 2.24) is 5.06 Å². The Hall–Kier alpha value is -4.53. The third kappa shape index (κ3) is 4.39. The Morgan fingerprint density at radius 1 is 0.837 bits per heavy atom. The van der Waals surface area contributed by atoms with Crippen LogP contribution in [0.25, 0.3) is 0 Å². The number of alkyl halides is 2. The summed E-state index contributed by atoms with van der Waals surface area (Å²) in [5.74, 6) is -23.7. The molecule has 7 rings (SSSR count). The monoisotopic (exact) mass is 722 g/mol. The molecule has 9 nitrogen and oxygen atoms in total. The van der Waals surface area contributed by atoms with Gasteiger partial charge in [-0.25, -0.2) is 26.9 Å². The van der Waals surface area contributed by atoms with Crippen molar-refractivity contribution in [2.24, 2.45) is 17.8 Å². The van der Waals surface area contributed by atoms with Crippen LogP contribution in [-0.4, -0.2) is 48.8 Å². The highest BCUT2D eigenvalue weighted by atomic mass is 35.5. The predicted octanol–water partition coefficient (Wildman–Crippen LogP) is 5.62. The lowest BCUT2D eigenvalue weighted by Crippen LogP contribution is -2.60. The van der Waals surface area contributed by atoms with Crippen molar-refractivity contribution in [3.8, 4) is 11.5 Å². The van der Waals surface area contributed by atoms with Crippen LogP contribution in [0, 0.1) is 46.8 Å². The number of phenols is 1. The number of amides is 4. The van der Waals surface area contributed by atoms with Gasteiger partial charge in [0.2, 0.25) is 5.82 Å². The van der Waals surface area contributed by atoms with Crippen LogP contribution in [0.4, 0.5) is 27.6 Å². The van der Waals surface area contributed by atoms with Gasteiger partial charge in [0.15, 0.2) is 33.0 Å². The Morgan fingerprint density at radius 2 is 1.47 bits per heavy atom. The first-order valence-corrected chi connectivity index (χ1v) is 15.4. The van der Waals surface area contributed by atoms with Crippen molar-refractivity contribution in [2.75, 3.05) is 4.90 Å². The number of aromatic hydroxyl groups is 1. The molecule has 0 aromatic heterocycles. The highest BCUT2D eigenvalue weighted by molar-refractivity contribution is 6.58. The molecule has 2 saturated heterocycles. The molecule has 3 aromatic rings. The summed E-state index contributed by atoms with van der Waals surface area (Å²) in [6, 6.07) is 12.8. The Morgan fingerprint density at radius 3 is 2.10 bits per heavy atom. The third-order valence-electron chi connectivity index (χ3n) is 9.76. The average molecular weight is 723 g/mol. The predicted molar refractivity (Wildman–Crippen MR) is 159 cm³/mol. The van der Waals surface area contributed by atoms with Crippen molar-refractivity contribution >= 4 is 52.5 Å². The number of imide groups is 2. The number of phenolic OH excluding ortho intramolecular Hbond substituents is 1. The molecule has 0 spiro atoms. The van der Waals surface area contributed by atoms with Crippen LogP contribution in [0.5, 0.6) is 11.5 Å². The Balaban J connectivity index is 1.40. The molecule has 0 bridgehead atoms. The molecule has 2 aliphatic heterocycles. The number of carbonyl (C=O) groups excluding carboxylic acids is 4. The summed E-state index contributed by atoms with van der Waals surface area (Å²) < 4.78 is 78.7. The van der Waals surface area contributed by atoms with Crippen LogP contribution >= 0.6 is 23.2 Å². The number of fused-ring (bicyclic) bond motifs is 4. The van der Waals surface area contributed by atoms with Crippen LogP contribution in [0.1, 0.15) is 29.9 Å². The SMILES string of the molecule is O=C1C2CC=C3C(CC4(Cl)C(=O)N(c5c(F)c(F)c(F)c(F)c5F)C(=O)C4(Cl)C3c3ccc(OCc4ccccc4)cc3O)C2C(=O)N1O. The summed E-state index contributed by atoms with van der Waals surface area (Å²) in [4.78, 5) is 48.4. The van der Waals surface area contributed by atoms with E-state index in [1.807, 2.05) is 0 Å². The Labute approximate surface area is 283 Å². The number of ether oxygens (including phenoxy) is 1. The number of benzene rings is 3. The summed E-state index contributed by atoms with van der Waals surface area (Å²) in [5.41, 5.74) is -1.21. The van der Waals surface area contributed by atoms with E-state index in [1.165, 1.54) is 18.2 Å². The number of nitrogens with zero attached hydrogens (tertiary/aromatic N) is 2. The number of hydrogen-bond donors (Lipinski definition) is 2. The fraction of sp³-hybridized carbons (Fsp3) is 0.273. The second-order valence-corrected chi connectivity index (χ2v) is 13.4. The molecule has 2 aliphatic carbocycles. The van der Waals surface area contributed by atoms with E-state index in [2.05, 4.69) is 0 Å². The van der Waals surface area contributed by atoms with E-state index < -0.39 is 104 Å². The minimum absolute atomic E-state index is 0.0797. The van der Waals surface area contributed by atoms with E-state index >= 15 is 8.78 Å². The molecule has 0 radical (unpaired) electrons. The molecule has 4 amide bonds. The molecule has 16 heteroatoms. The van der Waals surface area contributed by atoms with Crippen molar-refractivity contribution in [2.45, 2.75) is 35.1 Å². The van der Waals surface area contributed by atoms with Crippen LogP contribution < -0.4 is 9.64 Å². The molecule has 2 N–H and O–H groups in total. The fourth-order valence-electron chi connectivity index (χ4n) is 7.49. The molecule has 3 fully saturated rings. The van der Waals surface area contributed by atoms with E-state index in [9.17, 15) is 42.7 Å². The standard InChI is InChI=1S/C33H21Cl2F5N2O7/c34-32-11-18-15(8-9-17-20(18)29(45)42(48)28(17)44)21(16-7-6-14(10-19(16)43)49-12-13-4-2-1-3-5-13)33(32,35)31(47)41(30(32)46)27-25(39)23(37)22(36)24(38)26(27)40/h1-8,10,17-18,20-21,43,48H,9,11-12H2. The number of hydrogen-bond acceptors (Lipinski definition) is 7. The molecule has 1 saturated carbocycles. The van der Waals surface area contributed by atoms with Gasteiger partial charge in [-0.1, -0.05) is 48.0 Å². The number of rotatable bonds is 5. The minimum Gasteiger partial charge on any atom is -0.508 e. The number of allylic oxidation sites excluding steroid dienone is 2. The molecule has 254 valence electrons. The molecule has 3 aromatic carbocycles. The maximum absolute atomic E-state index is 15.1. The zero-order valence-corrected chi connectivity index (χ0v) is 26.1. The van der Waals surface area contributed by atoms with Gasteiger partial charge in [0, 0.05) is 17.5 Å². The van der Waals surface area contributed by atoms with Gasteiger partial charge < -0.3 is 9.84 Å². The highest BCUT2D eigenvalue weighted by Gasteiger charge is 2.77. The Bertz CT molecular complexity index is 2000. The molecule has 2 heterocycles. The quantitative estimate of drug-likeness (QED) is 0.0667. The van der Waals surface area contributed by atoms with E-state index in [0.717, 1.165) is 11.6 Å². The first-order chi connectivity index (χ1) is 23.1. The third-order valence-corrected chi connectivity index (χ3v) is 11.2. The second-order valence-electron chi connectivity index (χ2n) is 12.2. The van der Waals surface area contributed by atoms with Gasteiger partial charge in [0.05, 0.1) is 11.8 Å². The Kier molecular flexibility index (Phi) is 7.58. The number of hydroxylamine groups is 2. The lowest BCUT2D eigenvalue weighted by Gasteiger charge is -2.50. The number of anilines is 1. The molecule has 49 heavy (non-hydrogen) atoms. The zero-order valence-electron chi connectivity index (χ0n) is 24.6. The average Bonchev–Trinajstić information content (AvgIpc) is 3.40. The van der Waals surface area contributed by atoms with Crippen molar-refractivity contribution in [1.29, 1.82) is 0 Å². The first-order valence-electron chi connectivity index (χ1n) is 14.7. The second kappa shape index (κ2) is 11.3. The topological polar surface area (TPSA) is 124 Å². The van der Waals surface area contributed by atoms with Gasteiger partial charge in [-0.15, -0.1) is 23.2 Å². The van der Waals surface area contributed by atoms with Gasteiger partial charge in [0.25, 0.3) is 23.6 Å². The smallest absolute Gasteiger partial charge is 0.258 e. The number of carbonyl (C=O) groups is 4. The number of halogens is 7. The van der Waals surface area contributed by atoms with Crippen molar-refractivity contribution in [3.63, 3.8) is 0 Å². The largest absolute Gasteiger partial charge is 0.508 e. The van der Waals surface area contributed by atoms with Crippen LogP contribution in [-0.2, 0) is 25.8 Å². The molecule has 6 unspecified atom stereocenters. The van der Waals surface area contributed by atoms with Gasteiger partial charge in [-0.2, -0.15) is 5.06 Å². The maximum Gasteiger partial charge on any atom is 0.258 e. The van der Waals surface area contributed by atoms with Crippen molar-refractivity contribution < 1.29 is 56.2 Å². The maximum atomic E-state index is 15.1. The van der Waals surface area contributed by atoms with Crippen LogP contribution in [0.3, 0.4) is 0 Å². The summed E-state index contributed by atoms with van der Waals surface area (Å²) >= 11 is 14.0. The van der Waals surface area contributed by atoms with Crippen molar-refractivity contribution in [3.05, 3.63) is 100 Å².